The van der Waals surface area contributed by atoms with Gasteiger partial charge in [0.25, 0.3) is 0 Å². The van der Waals surface area contributed by atoms with Crippen molar-refractivity contribution < 1.29 is 17.9 Å². The third-order valence-corrected chi connectivity index (χ3v) is 3.97. The summed E-state index contributed by atoms with van der Waals surface area (Å²) in [5, 5.41) is 9.20. The summed E-state index contributed by atoms with van der Waals surface area (Å²) in [5.41, 5.74) is 0.311. The Kier molecular flexibility index (Phi) is 3.40. The largest absolute Gasteiger partial charge is 0.361 e. The van der Waals surface area contributed by atoms with Crippen molar-refractivity contribution in [3.63, 3.8) is 0 Å². The summed E-state index contributed by atoms with van der Waals surface area (Å²) in [6.45, 7) is 0.257. The summed E-state index contributed by atoms with van der Waals surface area (Å²) in [7, 11) is 0. The van der Waals surface area contributed by atoms with Gasteiger partial charge in [-0.1, -0.05) is 0 Å². The number of halogens is 3. The minimum absolute atomic E-state index is 0.199. The Bertz CT molecular complexity index is 549. The second-order valence-corrected chi connectivity index (χ2v) is 5.13. The van der Waals surface area contributed by atoms with Crippen LogP contribution in [-0.4, -0.2) is 23.8 Å². The number of hydrogen-bond acceptors (Lipinski definition) is 3. The lowest BCUT2D eigenvalue weighted by atomic mass is 9.97. The molecule has 0 aromatic heterocycles. The molecule has 6 heteroatoms. The van der Waals surface area contributed by atoms with Gasteiger partial charge in [0.2, 0.25) is 0 Å². The molecule has 20 heavy (non-hydrogen) atoms. The first-order chi connectivity index (χ1) is 9.61. The maximum absolute atomic E-state index is 13.4. The van der Waals surface area contributed by atoms with Gasteiger partial charge in [-0.05, 0) is 37.0 Å². The lowest BCUT2D eigenvalue weighted by Crippen LogP contribution is -2.43. The van der Waals surface area contributed by atoms with E-state index in [4.69, 9.17) is 4.74 Å². The molecule has 2 saturated heterocycles. The van der Waals surface area contributed by atoms with Gasteiger partial charge in [0.05, 0.1) is 18.7 Å². The molecule has 0 aliphatic carbocycles. The van der Waals surface area contributed by atoms with E-state index in [0.29, 0.717) is 12.0 Å². The second kappa shape index (κ2) is 5.08. The molecule has 0 N–H and O–H groups in total. The van der Waals surface area contributed by atoms with E-state index in [9.17, 15) is 18.4 Å². The SMILES string of the molecule is N#C[C@@H]1CCC[C@H]2OC[C@@H](c3cc(F)c(F)c(F)c3)N12. The molecule has 1 aromatic rings. The third kappa shape index (κ3) is 2.07. The van der Waals surface area contributed by atoms with Crippen molar-refractivity contribution in [1.82, 2.24) is 4.90 Å². The first kappa shape index (κ1) is 13.4. The van der Waals surface area contributed by atoms with Crippen molar-refractivity contribution in [3.8, 4) is 6.07 Å². The molecule has 0 radical (unpaired) electrons. The number of fused-ring (bicyclic) bond motifs is 1. The molecule has 0 unspecified atom stereocenters. The molecule has 106 valence electrons. The Morgan fingerprint density at radius 2 is 1.90 bits per heavy atom. The van der Waals surface area contributed by atoms with Crippen LogP contribution in [0.4, 0.5) is 13.2 Å². The molecule has 3 atom stereocenters. The van der Waals surface area contributed by atoms with Crippen LogP contribution in [0.2, 0.25) is 0 Å². The predicted octanol–water partition coefficient (Wildman–Crippen LogP) is 2.88. The zero-order chi connectivity index (χ0) is 14.3. The topological polar surface area (TPSA) is 36.3 Å². The number of hydrogen-bond donors (Lipinski definition) is 0. The summed E-state index contributed by atoms with van der Waals surface area (Å²) >= 11 is 0. The summed E-state index contributed by atoms with van der Waals surface area (Å²) in [4.78, 5) is 1.84. The second-order valence-electron chi connectivity index (χ2n) is 5.13. The average molecular weight is 282 g/mol. The molecule has 0 saturated carbocycles. The molecule has 0 spiro atoms. The quantitative estimate of drug-likeness (QED) is 0.743. The van der Waals surface area contributed by atoms with Gasteiger partial charge in [0, 0.05) is 0 Å². The van der Waals surface area contributed by atoms with Crippen LogP contribution in [0.3, 0.4) is 0 Å². The maximum Gasteiger partial charge on any atom is 0.194 e. The van der Waals surface area contributed by atoms with E-state index in [2.05, 4.69) is 6.07 Å². The van der Waals surface area contributed by atoms with Gasteiger partial charge in [0.15, 0.2) is 17.5 Å². The summed E-state index contributed by atoms with van der Waals surface area (Å²) in [6.07, 6.45) is 2.19. The van der Waals surface area contributed by atoms with Crippen molar-refractivity contribution in [2.45, 2.75) is 37.6 Å². The monoisotopic (exact) mass is 282 g/mol. The van der Waals surface area contributed by atoms with Crippen LogP contribution in [-0.2, 0) is 4.74 Å². The zero-order valence-corrected chi connectivity index (χ0v) is 10.7. The molecule has 0 amide bonds. The average Bonchev–Trinajstić information content (AvgIpc) is 2.88. The van der Waals surface area contributed by atoms with Crippen LogP contribution < -0.4 is 0 Å². The molecule has 2 fully saturated rings. The van der Waals surface area contributed by atoms with E-state index < -0.39 is 23.5 Å². The smallest absolute Gasteiger partial charge is 0.194 e. The number of nitrogens with zero attached hydrogens (tertiary/aromatic N) is 2. The van der Waals surface area contributed by atoms with E-state index in [-0.39, 0.29) is 18.9 Å². The highest BCUT2D eigenvalue weighted by molar-refractivity contribution is 5.24. The Morgan fingerprint density at radius 1 is 1.20 bits per heavy atom. The Morgan fingerprint density at radius 3 is 2.55 bits per heavy atom. The van der Waals surface area contributed by atoms with Gasteiger partial charge >= 0.3 is 0 Å². The van der Waals surface area contributed by atoms with E-state index in [1.807, 2.05) is 4.90 Å². The fourth-order valence-corrected chi connectivity index (χ4v) is 3.03. The van der Waals surface area contributed by atoms with Gasteiger partial charge in [-0.3, -0.25) is 4.90 Å². The van der Waals surface area contributed by atoms with Gasteiger partial charge in [-0.15, -0.1) is 0 Å². The highest BCUT2D eigenvalue weighted by atomic mass is 19.2. The van der Waals surface area contributed by atoms with E-state index >= 15 is 0 Å². The minimum Gasteiger partial charge on any atom is -0.361 e. The number of nitriles is 1. The molecule has 2 aliphatic rings. The first-order valence-electron chi connectivity index (χ1n) is 6.55. The molecular weight excluding hydrogens is 269 g/mol. The van der Waals surface area contributed by atoms with E-state index in [1.165, 1.54) is 0 Å². The highest BCUT2D eigenvalue weighted by Gasteiger charge is 2.42. The van der Waals surface area contributed by atoms with Crippen LogP contribution in [0.5, 0.6) is 0 Å². The van der Waals surface area contributed by atoms with Crippen LogP contribution in [0.15, 0.2) is 12.1 Å². The summed E-state index contributed by atoms with van der Waals surface area (Å²) in [5.74, 6) is -3.90. The van der Waals surface area contributed by atoms with Crippen molar-refractivity contribution in [3.05, 3.63) is 35.1 Å². The Labute approximate surface area is 114 Å². The standard InChI is InChI=1S/C14H13F3N2O/c15-10-4-8(5-11(16)14(10)17)12-7-20-13-3-1-2-9(6-18)19(12)13/h4-5,9,12-13H,1-3,7H2/t9-,12-,13+/m0/s1. The van der Waals surface area contributed by atoms with Gasteiger partial charge in [-0.25, -0.2) is 13.2 Å². The highest BCUT2D eigenvalue weighted by Crippen LogP contribution is 2.38. The molecular formula is C14H13F3N2O. The molecule has 3 nitrogen and oxygen atoms in total. The third-order valence-electron chi connectivity index (χ3n) is 3.97. The Hall–Kier alpha value is -1.58. The number of benzene rings is 1. The molecule has 3 rings (SSSR count). The molecule has 2 heterocycles. The van der Waals surface area contributed by atoms with Gasteiger partial charge in [-0.2, -0.15) is 5.26 Å². The predicted molar refractivity (Wildman–Crippen MR) is 63.9 cm³/mol. The van der Waals surface area contributed by atoms with Crippen molar-refractivity contribution in [2.24, 2.45) is 0 Å². The lowest BCUT2D eigenvalue weighted by Gasteiger charge is -2.35. The Balaban J connectivity index is 1.96. The summed E-state index contributed by atoms with van der Waals surface area (Å²) in [6, 6.07) is 3.42. The maximum atomic E-state index is 13.4. The van der Waals surface area contributed by atoms with E-state index in [1.54, 1.807) is 0 Å². The van der Waals surface area contributed by atoms with Crippen LogP contribution >= 0.6 is 0 Å². The molecule has 1 aromatic carbocycles. The lowest BCUT2D eigenvalue weighted by molar-refractivity contribution is -0.0122. The number of ether oxygens (including phenoxy) is 1. The molecule has 0 bridgehead atoms. The summed E-state index contributed by atoms with van der Waals surface area (Å²) < 4.78 is 45.3. The van der Waals surface area contributed by atoms with E-state index in [0.717, 1.165) is 25.0 Å². The number of piperidine rings is 1. The zero-order valence-electron chi connectivity index (χ0n) is 10.7. The van der Waals surface area contributed by atoms with Crippen LogP contribution in [0.1, 0.15) is 30.9 Å². The minimum atomic E-state index is -1.47. The fourth-order valence-electron chi connectivity index (χ4n) is 3.03. The van der Waals surface area contributed by atoms with Gasteiger partial charge in [0.1, 0.15) is 12.3 Å². The van der Waals surface area contributed by atoms with Crippen LogP contribution in [0, 0.1) is 28.8 Å². The molecule has 2 aliphatic heterocycles. The normalized spacial score (nSPS) is 30.0. The fraction of sp³-hybridized carbons (Fsp3) is 0.500. The van der Waals surface area contributed by atoms with Crippen molar-refractivity contribution in [1.29, 1.82) is 5.26 Å². The van der Waals surface area contributed by atoms with Crippen LogP contribution in [0.25, 0.3) is 0 Å². The first-order valence-corrected chi connectivity index (χ1v) is 6.55. The van der Waals surface area contributed by atoms with Crippen molar-refractivity contribution in [2.75, 3.05) is 6.61 Å². The van der Waals surface area contributed by atoms with Gasteiger partial charge < -0.3 is 4.74 Å². The number of rotatable bonds is 1. The van der Waals surface area contributed by atoms with Crippen molar-refractivity contribution >= 4 is 0 Å².